The van der Waals surface area contributed by atoms with Crippen LogP contribution in [0.5, 0.6) is 0 Å². The normalized spacial score (nSPS) is 12.5. The first-order valence-electron chi connectivity index (χ1n) is 4.92. The van der Waals surface area contributed by atoms with Crippen molar-refractivity contribution < 1.29 is 0 Å². The van der Waals surface area contributed by atoms with Crippen molar-refractivity contribution in [1.29, 1.82) is 0 Å². The first-order chi connectivity index (χ1) is 7.19. The van der Waals surface area contributed by atoms with Crippen LogP contribution in [0.1, 0.15) is 24.4 Å². The van der Waals surface area contributed by atoms with Gasteiger partial charge in [0.25, 0.3) is 0 Å². The SMILES string of the molecule is C=CCCC(NC)c1ccc(Br)cc1Br. The molecule has 0 aromatic heterocycles. The summed E-state index contributed by atoms with van der Waals surface area (Å²) in [6.45, 7) is 3.75. The van der Waals surface area contributed by atoms with E-state index in [1.165, 1.54) is 5.56 Å². The maximum absolute atomic E-state index is 3.75. The molecule has 1 atom stereocenters. The molecule has 0 aliphatic rings. The monoisotopic (exact) mass is 331 g/mol. The van der Waals surface area contributed by atoms with E-state index >= 15 is 0 Å². The minimum Gasteiger partial charge on any atom is -0.313 e. The van der Waals surface area contributed by atoms with Gasteiger partial charge in [0.05, 0.1) is 0 Å². The van der Waals surface area contributed by atoms with E-state index in [-0.39, 0.29) is 0 Å². The van der Waals surface area contributed by atoms with Crippen LogP contribution in [0.25, 0.3) is 0 Å². The average molecular weight is 333 g/mol. The Labute approximate surface area is 108 Å². The lowest BCUT2D eigenvalue weighted by atomic mass is 10.0. The second kappa shape index (κ2) is 6.46. The van der Waals surface area contributed by atoms with E-state index in [9.17, 15) is 0 Å². The standard InChI is InChI=1S/C12H15Br2N/c1-3-4-5-12(15-2)10-7-6-9(13)8-11(10)14/h3,6-8,12,15H,1,4-5H2,2H3. The smallest absolute Gasteiger partial charge is 0.0331 e. The number of hydrogen-bond acceptors (Lipinski definition) is 1. The van der Waals surface area contributed by atoms with E-state index in [0.29, 0.717) is 6.04 Å². The topological polar surface area (TPSA) is 12.0 Å². The first kappa shape index (κ1) is 12.9. The van der Waals surface area contributed by atoms with Gasteiger partial charge in [-0.1, -0.05) is 44.0 Å². The number of nitrogens with one attached hydrogen (secondary N) is 1. The lowest BCUT2D eigenvalue weighted by Gasteiger charge is -2.17. The number of allylic oxidation sites excluding steroid dienone is 1. The highest BCUT2D eigenvalue weighted by atomic mass is 79.9. The fourth-order valence-corrected chi connectivity index (χ4v) is 2.85. The molecule has 0 radical (unpaired) electrons. The first-order valence-corrected chi connectivity index (χ1v) is 6.50. The zero-order valence-corrected chi connectivity index (χ0v) is 11.9. The van der Waals surface area contributed by atoms with Crippen molar-refractivity contribution in [2.24, 2.45) is 0 Å². The molecule has 1 N–H and O–H groups in total. The zero-order valence-electron chi connectivity index (χ0n) is 8.76. The molecule has 1 aromatic rings. The number of rotatable bonds is 5. The Morgan fingerprint density at radius 2 is 2.20 bits per heavy atom. The van der Waals surface area contributed by atoms with Crippen LogP contribution in [-0.4, -0.2) is 7.05 Å². The van der Waals surface area contributed by atoms with Gasteiger partial charge in [0.2, 0.25) is 0 Å². The molecule has 82 valence electrons. The second-order valence-electron chi connectivity index (χ2n) is 3.37. The summed E-state index contributed by atoms with van der Waals surface area (Å²) in [4.78, 5) is 0. The number of hydrogen-bond donors (Lipinski definition) is 1. The molecule has 0 amide bonds. The van der Waals surface area contributed by atoms with Crippen LogP contribution >= 0.6 is 31.9 Å². The Balaban J connectivity index is 2.86. The number of benzene rings is 1. The quantitative estimate of drug-likeness (QED) is 0.786. The van der Waals surface area contributed by atoms with Gasteiger partial charge >= 0.3 is 0 Å². The second-order valence-corrected chi connectivity index (χ2v) is 5.14. The molecular formula is C12H15Br2N. The largest absolute Gasteiger partial charge is 0.313 e. The number of halogens is 2. The summed E-state index contributed by atoms with van der Waals surface area (Å²) in [5.41, 5.74) is 1.29. The van der Waals surface area contributed by atoms with Crippen LogP contribution in [-0.2, 0) is 0 Å². The Morgan fingerprint density at radius 1 is 1.47 bits per heavy atom. The molecule has 0 aliphatic carbocycles. The summed E-state index contributed by atoms with van der Waals surface area (Å²) in [6, 6.07) is 6.66. The molecular weight excluding hydrogens is 318 g/mol. The molecule has 0 fully saturated rings. The van der Waals surface area contributed by atoms with Crippen molar-refractivity contribution in [3.63, 3.8) is 0 Å². The van der Waals surface area contributed by atoms with Gasteiger partial charge in [-0.15, -0.1) is 6.58 Å². The summed E-state index contributed by atoms with van der Waals surface area (Å²) >= 11 is 7.04. The van der Waals surface area contributed by atoms with Gasteiger partial charge in [-0.3, -0.25) is 0 Å². The van der Waals surface area contributed by atoms with E-state index in [1.54, 1.807) is 0 Å². The summed E-state index contributed by atoms with van der Waals surface area (Å²) in [7, 11) is 1.99. The van der Waals surface area contributed by atoms with E-state index in [0.717, 1.165) is 21.8 Å². The summed E-state index contributed by atoms with van der Waals surface area (Å²) < 4.78 is 2.23. The fraction of sp³-hybridized carbons (Fsp3) is 0.333. The van der Waals surface area contributed by atoms with Gasteiger partial charge in [-0.05, 0) is 37.6 Å². The van der Waals surface area contributed by atoms with Crippen molar-refractivity contribution in [3.05, 3.63) is 45.4 Å². The van der Waals surface area contributed by atoms with Gasteiger partial charge in [0.15, 0.2) is 0 Å². The van der Waals surface area contributed by atoms with E-state index in [4.69, 9.17) is 0 Å². The maximum Gasteiger partial charge on any atom is 0.0331 e. The van der Waals surface area contributed by atoms with Gasteiger partial charge in [0.1, 0.15) is 0 Å². The Kier molecular flexibility index (Phi) is 5.58. The van der Waals surface area contributed by atoms with Crippen molar-refractivity contribution in [2.45, 2.75) is 18.9 Å². The van der Waals surface area contributed by atoms with Crippen molar-refractivity contribution >= 4 is 31.9 Å². The van der Waals surface area contributed by atoms with Gasteiger partial charge in [-0.25, -0.2) is 0 Å². The Bertz CT molecular complexity index is 336. The van der Waals surface area contributed by atoms with Crippen molar-refractivity contribution in [3.8, 4) is 0 Å². The molecule has 1 unspecified atom stereocenters. The van der Waals surface area contributed by atoms with E-state index in [1.807, 2.05) is 13.1 Å². The molecule has 0 saturated heterocycles. The summed E-state index contributed by atoms with van der Waals surface area (Å²) in [6.07, 6.45) is 4.05. The molecule has 0 bridgehead atoms. The molecule has 1 aromatic carbocycles. The van der Waals surface area contributed by atoms with Crippen molar-refractivity contribution in [2.75, 3.05) is 7.05 Å². The van der Waals surface area contributed by atoms with E-state index < -0.39 is 0 Å². The lowest BCUT2D eigenvalue weighted by molar-refractivity contribution is 0.553. The molecule has 1 rings (SSSR count). The van der Waals surface area contributed by atoms with Gasteiger partial charge in [-0.2, -0.15) is 0 Å². The average Bonchev–Trinajstić information content (AvgIpc) is 2.21. The lowest BCUT2D eigenvalue weighted by Crippen LogP contribution is -2.16. The zero-order chi connectivity index (χ0) is 11.3. The van der Waals surface area contributed by atoms with Crippen LogP contribution in [0, 0.1) is 0 Å². The fourth-order valence-electron chi connectivity index (χ4n) is 1.52. The third-order valence-corrected chi connectivity index (χ3v) is 3.53. The predicted molar refractivity (Wildman–Crippen MR) is 73.1 cm³/mol. The van der Waals surface area contributed by atoms with Gasteiger partial charge < -0.3 is 5.32 Å². The summed E-state index contributed by atoms with van der Waals surface area (Å²) in [5, 5.41) is 3.32. The van der Waals surface area contributed by atoms with Crippen molar-refractivity contribution in [1.82, 2.24) is 5.32 Å². The third kappa shape index (κ3) is 3.74. The van der Waals surface area contributed by atoms with E-state index in [2.05, 4.69) is 62.0 Å². The predicted octanol–water partition coefficient (Wildman–Crippen LogP) is 4.44. The minimum absolute atomic E-state index is 0.380. The molecule has 0 saturated carbocycles. The Hall–Kier alpha value is -0.120. The van der Waals surface area contributed by atoms with Crippen LogP contribution in [0.2, 0.25) is 0 Å². The Morgan fingerprint density at radius 3 is 2.73 bits per heavy atom. The third-order valence-electron chi connectivity index (χ3n) is 2.35. The van der Waals surface area contributed by atoms with Crippen LogP contribution in [0.15, 0.2) is 39.8 Å². The highest BCUT2D eigenvalue weighted by Crippen LogP contribution is 2.29. The van der Waals surface area contributed by atoms with Crippen LogP contribution in [0.3, 0.4) is 0 Å². The molecule has 1 nitrogen and oxygen atoms in total. The molecule has 0 spiro atoms. The molecule has 0 heterocycles. The minimum atomic E-state index is 0.380. The van der Waals surface area contributed by atoms with Gasteiger partial charge in [0, 0.05) is 15.0 Å². The molecule has 15 heavy (non-hydrogen) atoms. The van der Waals surface area contributed by atoms with Crippen LogP contribution < -0.4 is 5.32 Å². The molecule has 0 aliphatic heterocycles. The highest BCUT2D eigenvalue weighted by molar-refractivity contribution is 9.11. The molecule has 3 heteroatoms. The highest BCUT2D eigenvalue weighted by Gasteiger charge is 2.11. The maximum atomic E-state index is 3.75. The summed E-state index contributed by atoms with van der Waals surface area (Å²) in [5.74, 6) is 0. The van der Waals surface area contributed by atoms with Crippen LogP contribution in [0.4, 0.5) is 0 Å².